The third-order valence-electron chi connectivity index (χ3n) is 3.87. The highest BCUT2D eigenvalue weighted by atomic mass is 16.4. The van der Waals surface area contributed by atoms with Crippen molar-refractivity contribution in [1.29, 1.82) is 0 Å². The Bertz CT molecular complexity index is 541. The number of carboxylic acid groups (broad SMARTS) is 1. The van der Waals surface area contributed by atoms with E-state index in [1.807, 2.05) is 6.92 Å². The van der Waals surface area contributed by atoms with Crippen LogP contribution in [0.2, 0.25) is 0 Å². The molecule has 102 valence electrons. The Morgan fingerprint density at radius 3 is 2.68 bits per heavy atom. The summed E-state index contributed by atoms with van der Waals surface area (Å²) in [5, 5.41) is 9.32. The van der Waals surface area contributed by atoms with Crippen LogP contribution in [0.15, 0.2) is 18.2 Å². The summed E-state index contributed by atoms with van der Waals surface area (Å²) in [4.78, 5) is 25.2. The van der Waals surface area contributed by atoms with Gasteiger partial charge in [0, 0.05) is 17.8 Å². The third kappa shape index (κ3) is 2.16. The van der Waals surface area contributed by atoms with Gasteiger partial charge in [0.1, 0.15) is 5.54 Å². The number of benzene rings is 1. The first kappa shape index (κ1) is 13.4. The summed E-state index contributed by atoms with van der Waals surface area (Å²) in [6.07, 6.45) is 1.19. The Balaban J connectivity index is 2.33. The van der Waals surface area contributed by atoms with Crippen molar-refractivity contribution in [3.05, 3.63) is 29.3 Å². The van der Waals surface area contributed by atoms with E-state index in [4.69, 9.17) is 5.73 Å². The molecule has 19 heavy (non-hydrogen) atoms. The maximum Gasteiger partial charge on any atom is 0.329 e. The van der Waals surface area contributed by atoms with Crippen molar-refractivity contribution in [3.8, 4) is 0 Å². The van der Waals surface area contributed by atoms with Crippen LogP contribution in [0.5, 0.6) is 0 Å². The average molecular weight is 262 g/mol. The van der Waals surface area contributed by atoms with Crippen LogP contribution in [0.25, 0.3) is 0 Å². The van der Waals surface area contributed by atoms with E-state index in [2.05, 4.69) is 0 Å². The summed E-state index contributed by atoms with van der Waals surface area (Å²) in [6, 6.07) is 5.07. The Labute approximate surface area is 112 Å². The zero-order valence-corrected chi connectivity index (χ0v) is 11.1. The lowest BCUT2D eigenvalue weighted by Gasteiger charge is -2.31. The largest absolute Gasteiger partial charge is 0.480 e. The molecule has 1 amide bonds. The number of aliphatic carboxylic acids is 1. The summed E-state index contributed by atoms with van der Waals surface area (Å²) in [6.45, 7) is 3.92. The van der Waals surface area contributed by atoms with Crippen molar-refractivity contribution >= 4 is 17.6 Å². The van der Waals surface area contributed by atoms with Crippen molar-refractivity contribution < 1.29 is 14.7 Å². The van der Waals surface area contributed by atoms with E-state index in [1.165, 1.54) is 4.90 Å². The predicted octanol–water partition coefficient (Wildman–Crippen LogP) is 1.66. The number of carbonyl (C=O) groups is 2. The molecule has 1 aliphatic heterocycles. The van der Waals surface area contributed by atoms with Gasteiger partial charge in [0.15, 0.2) is 0 Å². The molecular weight excluding hydrogens is 244 g/mol. The molecule has 1 saturated heterocycles. The molecule has 0 spiro atoms. The highest BCUT2D eigenvalue weighted by Gasteiger charge is 2.46. The first-order valence-corrected chi connectivity index (χ1v) is 6.28. The average Bonchev–Trinajstić information content (AvgIpc) is 2.75. The predicted molar refractivity (Wildman–Crippen MR) is 71.9 cm³/mol. The SMILES string of the molecule is Cc1ccc(C(=O)N2CCCC2(C)C(=O)O)cc1N. The van der Waals surface area contributed by atoms with Gasteiger partial charge < -0.3 is 15.7 Å². The number of nitrogens with zero attached hydrogens (tertiary/aromatic N) is 1. The Morgan fingerprint density at radius 2 is 2.11 bits per heavy atom. The van der Waals surface area contributed by atoms with Crippen LogP contribution in [0.1, 0.15) is 35.7 Å². The van der Waals surface area contributed by atoms with E-state index in [0.717, 1.165) is 5.56 Å². The second-order valence-electron chi connectivity index (χ2n) is 5.21. The van der Waals surface area contributed by atoms with Crippen LogP contribution in [-0.2, 0) is 4.79 Å². The summed E-state index contributed by atoms with van der Waals surface area (Å²) in [5.74, 6) is -1.23. The maximum atomic E-state index is 12.4. The molecule has 0 saturated carbocycles. The number of nitrogens with two attached hydrogens (primary N) is 1. The van der Waals surface area contributed by atoms with E-state index >= 15 is 0 Å². The molecule has 1 aromatic rings. The lowest BCUT2D eigenvalue weighted by atomic mass is 9.98. The van der Waals surface area contributed by atoms with E-state index in [9.17, 15) is 14.7 Å². The minimum absolute atomic E-state index is 0.269. The highest BCUT2D eigenvalue weighted by Crippen LogP contribution is 2.31. The fraction of sp³-hybridized carbons (Fsp3) is 0.429. The molecule has 1 fully saturated rings. The summed E-state index contributed by atoms with van der Waals surface area (Å²) < 4.78 is 0. The minimum atomic E-state index is -1.11. The standard InChI is InChI=1S/C14H18N2O3/c1-9-4-5-10(8-11(9)15)12(17)16-7-3-6-14(16,2)13(18)19/h4-5,8H,3,6-7,15H2,1-2H3,(H,18,19). The minimum Gasteiger partial charge on any atom is -0.480 e. The second kappa shape index (κ2) is 4.57. The topological polar surface area (TPSA) is 83.6 Å². The van der Waals surface area contributed by atoms with Gasteiger partial charge in [0.25, 0.3) is 5.91 Å². The molecule has 1 heterocycles. The van der Waals surface area contributed by atoms with Crippen LogP contribution in [0.3, 0.4) is 0 Å². The number of anilines is 1. The molecule has 5 heteroatoms. The second-order valence-corrected chi connectivity index (χ2v) is 5.21. The van der Waals surface area contributed by atoms with Crippen LogP contribution in [-0.4, -0.2) is 34.0 Å². The number of nitrogen functional groups attached to an aromatic ring is 1. The normalized spacial score (nSPS) is 22.5. The monoisotopic (exact) mass is 262 g/mol. The van der Waals surface area contributed by atoms with Gasteiger partial charge in [-0.05, 0) is 44.4 Å². The van der Waals surface area contributed by atoms with Gasteiger partial charge in [-0.15, -0.1) is 0 Å². The molecule has 3 N–H and O–H groups in total. The van der Waals surface area contributed by atoms with E-state index in [-0.39, 0.29) is 5.91 Å². The zero-order chi connectivity index (χ0) is 14.2. The van der Waals surface area contributed by atoms with Gasteiger partial charge in [-0.2, -0.15) is 0 Å². The van der Waals surface area contributed by atoms with Gasteiger partial charge in [0.2, 0.25) is 0 Å². The van der Waals surface area contributed by atoms with Crippen LogP contribution in [0.4, 0.5) is 5.69 Å². The Hall–Kier alpha value is -2.04. The number of hydrogen-bond donors (Lipinski definition) is 2. The fourth-order valence-electron chi connectivity index (χ4n) is 2.44. The van der Waals surface area contributed by atoms with E-state index < -0.39 is 11.5 Å². The van der Waals surface area contributed by atoms with Gasteiger partial charge in [-0.3, -0.25) is 4.79 Å². The van der Waals surface area contributed by atoms with Crippen molar-refractivity contribution in [2.75, 3.05) is 12.3 Å². The Kier molecular flexibility index (Phi) is 3.22. The number of likely N-dealkylation sites (tertiary alicyclic amines) is 1. The fourth-order valence-corrected chi connectivity index (χ4v) is 2.44. The third-order valence-corrected chi connectivity index (χ3v) is 3.87. The van der Waals surface area contributed by atoms with Crippen LogP contribution in [0, 0.1) is 6.92 Å². The Morgan fingerprint density at radius 1 is 1.42 bits per heavy atom. The number of carboxylic acids is 1. The van der Waals surface area contributed by atoms with Gasteiger partial charge in [-0.25, -0.2) is 4.79 Å². The molecule has 1 unspecified atom stereocenters. The van der Waals surface area contributed by atoms with Crippen LogP contribution < -0.4 is 5.73 Å². The number of aryl methyl sites for hydroxylation is 1. The maximum absolute atomic E-state index is 12.4. The van der Waals surface area contributed by atoms with Crippen molar-refractivity contribution in [2.45, 2.75) is 32.2 Å². The molecule has 1 aromatic carbocycles. The van der Waals surface area contributed by atoms with E-state index in [0.29, 0.717) is 30.6 Å². The van der Waals surface area contributed by atoms with Crippen LogP contribution >= 0.6 is 0 Å². The van der Waals surface area contributed by atoms with Gasteiger partial charge in [-0.1, -0.05) is 6.07 Å². The summed E-state index contributed by atoms with van der Waals surface area (Å²) >= 11 is 0. The molecule has 0 bridgehead atoms. The van der Waals surface area contributed by atoms with Crippen molar-refractivity contribution in [1.82, 2.24) is 4.90 Å². The highest BCUT2D eigenvalue weighted by molar-refractivity contribution is 5.98. The molecular formula is C14H18N2O3. The van der Waals surface area contributed by atoms with Crippen molar-refractivity contribution in [3.63, 3.8) is 0 Å². The summed E-state index contributed by atoms with van der Waals surface area (Å²) in [5.41, 5.74) is 6.57. The summed E-state index contributed by atoms with van der Waals surface area (Å²) in [7, 11) is 0. The number of hydrogen-bond acceptors (Lipinski definition) is 3. The molecule has 0 radical (unpaired) electrons. The first-order valence-electron chi connectivity index (χ1n) is 6.28. The first-order chi connectivity index (χ1) is 8.86. The zero-order valence-electron chi connectivity index (χ0n) is 11.1. The molecule has 1 aliphatic rings. The smallest absolute Gasteiger partial charge is 0.329 e. The van der Waals surface area contributed by atoms with Gasteiger partial charge >= 0.3 is 5.97 Å². The molecule has 0 aromatic heterocycles. The van der Waals surface area contributed by atoms with Crippen molar-refractivity contribution in [2.24, 2.45) is 0 Å². The number of carbonyl (C=O) groups excluding carboxylic acids is 1. The molecule has 2 rings (SSSR count). The number of rotatable bonds is 2. The molecule has 5 nitrogen and oxygen atoms in total. The molecule has 1 atom stereocenters. The lowest BCUT2D eigenvalue weighted by molar-refractivity contribution is -0.147. The molecule has 0 aliphatic carbocycles. The lowest BCUT2D eigenvalue weighted by Crippen LogP contribution is -2.50. The quantitative estimate of drug-likeness (QED) is 0.794. The number of amides is 1. The van der Waals surface area contributed by atoms with Gasteiger partial charge in [0.05, 0.1) is 0 Å². The van der Waals surface area contributed by atoms with E-state index in [1.54, 1.807) is 25.1 Å².